The third-order valence-corrected chi connectivity index (χ3v) is 4.26. The maximum Gasteiger partial charge on any atom is 0.349 e. The van der Waals surface area contributed by atoms with Crippen LogP contribution < -0.4 is 5.63 Å². The number of carbonyl (C=O) groups is 2. The van der Waals surface area contributed by atoms with Gasteiger partial charge in [0, 0.05) is 38.0 Å². The molecule has 1 saturated heterocycles. The second-order valence-electron chi connectivity index (χ2n) is 5.91. The Hall–Kier alpha value is -2.63. The number of piperazine rings is 1. The average molecular weight is 328 g/mol. The number of amides is 2. The molecule has 2 amide bonds. The van der Waals surface area contributed by atoms with Crippen molar-refractivity contribution in [2.75, 3.05) is 26.2 Å². The summed E-state index contributed by atoms with van der Waals surface area (Å²) in [7, 11) is 0. The monoisotopic (exact) mass is 328 g/mol. The van der Waals surface area contributed by atoms with Crippen LogP contribution in [0.15, 0.2) is 39.5 Å². The van der Waals surface area contributed by atoms with Crippen molar-refractivity contribution < 1.29 is 14.0 Å². The molecule has 1 aliphatic heterocycles. The Bertz CT molecular complexity index is 819. The summed E-state index contributed by atoms with van der Waals surface area (Å²) in [5.74, 6) is -0.216. The van der Waals surface area contributed by atoms with Crippen molar-refractivity contribution in [1.82, 2.24) is 9.80 Å². The highest BCUT2D eigenvalue weighted by Gasteiger charge is 2.26. The van der Waals surface area contributed by atoms with Crippen LogP contribution in [0.2, 0.25) is 0 Å². The van der Waals surface area contributed by atoms with Crippen LogP contribution >= 0.6 is 0 Å². The van der Waals surface area contributed by atoms with Gasteiger partial charge in [-0.3, -0.25) is 9.59 Å². The van der Waals surface area contributed by atoms with Crippen molar-refractivity contribution >= 4 is 22.8 Å². The molecule has 1 fully saturated rings. The lowest BCUT2D eigenvalue weighted by Gasteiger charge is -2.34. The van der Waals surface area contributed by atoms with Gasteiger partial charge in [0.05, 0.1) is 0 Å². The van der Waals surface area contributed by atoms with E-state index in [2.05, 4.69) is 0 Å². The highest BCUT2D eigenvalue weighted by Crippen LogP contribution is 2.15. The van der Waals surface area contributed by atoms with Crippen molar-refractivity contribution in [2.24, 2.45) is 0 Å². The zero-order valence-electron chi connectivity index (χ0n) is 13.7. The Morgan fingerprint density at radius 3 is 2.46 bits per heavy atom. The van der Waals surface area contributed by atoms with Crippen LogP contribution in [0.25, 0.3) is 11.0 Å². The predicted octanol–water partition coefficient (Wildman–Crippen LogP) is 1.88. The van der Waals surface area contributed by atoms with E-state index < -0.39 is 5.63 Å². The Morgan fingerprint density at radius 1 is 1.08 bits per heavy atom. The highest BCUT2D eigenvalue weighted by molar-refractivity contribution is 5.96. The minimum Gasteiger partial charge on any atom is -0.422 e. The van der Waals surface area contributed by atoms with Gasteiger partial charge in [-0.1, -0.05) is 25.1 Å². The van der Waals surface area contributed by atoms with E-state index in [1.807, 2.05) is 13.0 Å². The van der Waals surface area contributed by atoms with E-state index in [-0.39, 0.29) is 17.4 Å². The van der Waals surface area contributed by atoms with E-state index in [1.165, 1.54) is 0 Å². The van der Waals surface area contributed by atoms with Crippen LogP contribution in [-0.4, -0.2) is 47.8 Å². The molecular weight excluding hydrogens is 308 g/mol. The van der Waals surface area contributed by atoms with Gasteiger partial charge in [0.15, 0.2) is 0 Å². The quantitative estimate of drug-likeness (QED) is 0.807. The standard InChI is InChI=1S/C18H20N2O4/c1-2-5-16(21)19-8-10-20(11-9-19)17(22)14-12-13-6-3-4-7-15(13)24-18(14)23/h3-4,6-7,12H,2,5,8-11H2,1H3. The molecule has 24 heavy (non-hydrogen) atoms. The van der Waals surface area contributed by atoms with Gasteiger partial charge in [-0.15, -0.1) is 0 Å². The lowest BCUT2D eigenvalue weighted by Crippen LogP contribution is -2.51. The van der Waals surface area contributed by atoms with Crippen LogP contribution in [0.5, 0.6) is 0 Å². The van der Waals surface area contributed by atoms with Crippen molar-refractivity contribution in [2.45, 2.75) is 19.8 Å². The van der Waals surface area contributed by atoms with Crippen molar-refractivity contribution in [3.05, 3.63) is 46.3 Å². The summed E-state index contributed by atoms with van der Waals surface area (Å²) in [5.41, 5.74) is -0.112. The first-order chi connectivity index (χ1) is 11.6. The first kappa shape index (κ1) is 16.2. The number of rotatable bonds is 3. The summed E-state index contributed by atoms with van der Waals surface area (Å²) in [6.07, 6.45) is 1.35. The summed E-state index contributed by atoms with van der Waals surface area (Å²) >= 11 is 0. The summed E-state index contributed by atoms with van der Waals surface area (Å²) in [5, 5.41) is 0.720. The Labute approximate surface area is 139 Å². The number of benzene rings is 1. The molecule has 6 heteroatoms. The van der Waals surface area contributed by atoms with E-state index in [0.717, 1.165) is 11.8 Å². The number of para-hydroxylation sites is 1. The number of nitrogens with zero attached hydrogens (tertiary/aromatic N) is 2. The fourth-order valence-corrected chi connectivity index (χ4v) is 2.91. The fourth-order valence-electron chi connectivity index (χ4n) is 2.91. The molecular formula is C18H20N2O4. The van der Waals surface area contributed by atoms with Crippen LogP contribution in [0.3, 0.4) is 0 Å². The molecule has 0 spiro atoms. The van der Waals surface area contributed by atoms with E-state index in [1.54, 1.807) is 34.1 Å². The largest absolute Gasteiger partial charge is 0.422 e. The van der Waals surface area contributed by atoms with Gasteiger partial charge in [-0.2, -0.15) is 0 Å². The van der Waals surface area contributed by atoms with Crippen LogP contribution in [-0.2, 0) is 4.79 Å². The third-order valence-electron chi connectivity index (χ3n) is 4.26. The lowest BCUT2D eigenvalue weighted by atomic mass is 10.1. The minimum atomic E-state index is -0.622. The average Bonchev–Trinajstić information content (AvgIpc) is 2.61. The molecule has 0 N–H and O–H groups in total. The zero-order chi connectivity index (χ0) is 17.1. The van der Waals surface area contributed by atoms with Crippen LogP contribution in [0, 0.1) is 0 Å². The molecule has 2 heterocycles. The van der Waals surface area contributed by atoms with Gasteiger partial charge in [-0.25, -0.2) is 4.79 Å². The SMILES string of the molecule is CCCC(=O)N1CCN(C(=O)c2cc3ccccc3oc2=O)CC1. The fraction of sp³-hybridized carbons (Fsp3) is 0.389. The van der Waals surface area contributed by atoms with Gasteiger partial charge in [0.25, 0.3) is 5.91 Å². The van der Waals surface area contributed by atoms with Gasteiger partial charge >= 0.3 is 5.63 Å². The molecule has 0 radical (unpaired) electrons. The summed E-state index contributed by atoms with van der Waals surface area (Å²) in [6.45, 7) is 3.84. The third kappa shape index (κ3) is 3.18. The molecule has 0 atom stereocenters. The molecule has 3 rings (SSSR count). The number of carbonyl (C=O) groups excluding carboxylic acids is 2. The predicted molar refractivity (Wildman–Crippen MR) is 89.9 cm³/mol. The highest BCUT2D eigenvalue weighted by atomic mass is 16.4. The molecule has 1 aromatic heterocycles. The van der Waals surface area contributed by atoms with E-state index in [9.17, 15) is 14.4 Å². The molecule has 126 valence electrons. The first-order valence-corrected chi connectivity index (χ1v) is 8.20. The molecule has 2 aromatic rings. The van der Waals surface area contributed by atoms with Crippen LogP contribution in [0.4, 0.5) is 0 Å². The van der Waals surface area contributed by atoms with Crippen molar-refractivity contribution in [1.29, 1.82) is 0 Å². The van der Waals surface area contributed by atoms with Crippen molar-refractivity contribution in [3.63, 3.8) is 0 Å². The maximum absolute atomic E-state index is 12.6. The molecule has 1 aliphatic rings. The van der Waals surface area contributed by atoms with E-state index >= 15 is 0 Å². The van der Waals surface area contributed by atoms with Crippen LogP contribution in [0.1, 0.15) is 30.1 Å². The topological polar surface area (TPSA) is 70.8 Å². The Kier molecular flexibility index (Phi) is 4.64. The van der Waals surface area contributed by atoms with Gasteiger partial charge in [-0.05, 0) is 18.6 Å². The second kappa shape index (κ2) is 6.86. The Morgan fingerprint density at radius 2 is 1.75 bits per heavy atom. The second-order valence-corrected chi connectivity index (χ2v) is 5.91. The lowest BCUT2D eigenvalue weighted by molar-refractivity contribution is -0.132. The van der Waals surface area contributed by atoms with Crippen molar-refractivity contribution in [3.8, 4) is 0 Å². The van der Waals surface area contributed by atoms with Gasteiger partial charge in [0.2, 0.25) is 5.91 Å². The molecule has 0 saturated carbocycles. The maximum atomic E-state index is 12.6. The number of hydrogen-bond donors (Lipinski definition) is 0. The molecule has 0 bridgehead atoms. The molecule has 1 aromatic carbocycles. The van der Waals surface area contributed by atoms with E-state index in [4.69, 9.17) is 4.42 Å². The molecule has 6 nitrogen and oxygen atoms in total. The molecule has 0 aliphatic carbocycles. The summed E-state index contributed by atoms with van der Waals surface area (Å²) in [6, 6.07) is 8.69. The summed E-state index contributed by atoms with van der Waals surface area (Å²) in [4.78, 5) is 40.0. The normalized spacial score (nSPS) is 14.9. The first-order valence-electron chi connectivity index (χ1n) is 8.20. The Balaban J connectivity index is 1.75. The number of hydrogen-bond acceptors (Lipinski definition) is 4. The number of fused-ring (bicyclic) bond motifs is 1. The molecule has 0 unspecified atom stereocenters. The van der Waals surface area contributed by atoms with E-state index in [0.29, 0.717) is 38.2 Å². The minimum absolute atomic E-state index is 0.0436. The smallest absolute Gasteiger partial charge is 0.349 e. The van der Waals surface area contributed by atoms with Gasteiger partial charge < -0.3 is 14.2 Å². The summed E-state index contributed by atoms with van der Waals surface area (Å²) < 4.78 is 5.23. The van der Waals surface area contributed by atoms with Gasteiger partial charge in [0.1, 0.15) is 11.1 Å². The zero-order valence-corrected chi connectivity index (χ0v) is 13.7.